The molecule has 1 heterocycles. The van der Waals surface area contributed by atoms with Crippen molar-refractivity contribution < 1.29 is 0 Å². The van der Waals surface area contributed by atoms with Gasteiger partial charge in [-0.1, -0.05) is 18.2 Å². The summed E-state index contributed by atoms with van der Waals surface area (Å²) in [6, 6.07) is 0. The minimum absolute atomic E-state index is 0.0660. The van der Waals surface area contributed by atoms with Crippen molar-refractivity contribution in [2.75, 3.05) is 0 Å². The normalized spacial score (nSPS) is 30.1. The molecule has 1 aliphatic heterocycles. The van der Waals surface area contributed by atoms with E-state index in [1.165, 1.54) is 0 Å². The highest BCUT2D eigenvalue weighted by Crippen LogP contribution is 2.17. The highest BCUT2D eigenvalue weighted by molar-refractivity contribution is 5.72. The summed E-state index contributed by atoms with van der Waals surface area (Å²) in [4.78, 5) is 4.06. The number of aliphatic imine (C=N–C) groups is 1. The van der Waals surface area contributed by atoms with Gasteiger partial charge in [-0.25, -0.2) is 0 Å². The second kappa shape index (κ2) is 2.65. The van der Waals surface area contributed by atoms with Crippen LogP contribution >= 0.6 is 0 Å². The first-order chi connectivity index (χ1) is 4.77. The van der Waals surface area contributed by atoms with E-state index >= 15 is 0 Å². The van der Waals surface area contributed by atoms with Gasteiger partial charge in [-0.3, -0.25) is 4.99 Å². The van der Waals surface area contributed by atoms with E-state index in [2.05, 4.69) is 24.6 Å². The molecule has 0 saturated heterocycles. The maximum Gasteiger partial charge on any atom is 0.0387 e. The van der Waals surface area contributed by atoms with E-state index in [0.29, 0.717) is 0 Å². The van der Waals surface area contributed by atoms with Gasteiger partial charge in [0.05, 0.1) is 0 Å². The van der Waals surface area contributed by atoms with Crippen LogP contribution in [0.5, 0.6) is 0 Å². The lowest BCUT2D eigenvalue weighted by Gasteiger charge is -2.12. The minimum atomic E-state index is -0.0660. The second-order valence-electron chi connectivity index (χ2n) is 2.55. The van der Waals surface area contributed by atoms with Gasteiger partial charge in [0.25, 0.3) is 0 Å². The van der Waals surface area contributed by atoms with E-state index < -0.39 is 0 Å². The zero-order chi connectivity index (χ0) is 7.45. The average Bonchev–Trinajstić information content (AvgIpc) is 2.15. The summed E-state index contributed by atoms with van der Waals surface area (Å²) < 4.78 is 0. The molecule has 0 amide bonds. The van der Waals surface area contributed by atoms with Crippen molar-refractivity contribution >= 4 is 6.21 Å². The molecule has 1 nitrogen and oxygen atoms in total. The molecule has 0 aromatic heterocycles. The molecule has 10 heavy (non-hydrogen) atoms. The van der Waals surface area contributed by atoms with Crippen LogP contribution in [-0.2, 0) is 0 Å². The average molecular weight is 133 g/mol. The van der Waals surface area contributed by atoms with Crippen LogP contribution in [0, 0.1) is 5.41 Å². The molecule has 0 spiro atoms. The second-order valence-corrected chi connectivity index (χ2v) is 2.55. The number of rotatable bonds is 1. The topological polar surface area (TPSA) is 12.4 Å². The summed E-state index contributed by atoms with van der Waals surface area (Å²) >= 11 is 0. The Kier molecular flexibility index (Phi) is 1.86. The Labute approximate surface area is 61.5 Å². The summed E-state index contributed by atoms with van der Waals surface area (Å²) in [7, 11) is 0. The van der Waals surface area contributed by atoms with Gasteiger partial charge in [-0.05, 0) is 13.0 Å². The van der Waals surface area contributed by atoms with Gasteiger partial charge < -0.3 is 0 Å². The maximum atomic E-state index is 4.06. The molecule has 52 valence electrons. The molecule has 1 atom stereocenters. The Morgan fingerprint density at radius 1 is 1.50 bits per heavy atom. The Morgan fingerprint density at radius 3 is 3.00 bits per heavy atom. The van der Waals surface area contributed by atoms with E-state index in [9.17, 15) is 0 Å². The summed E-state index contributed by atoms with van der Waals surface area (Å²) in [5.74, 6) is 0. The molecule has 1 rings (SSSR count). The molecule has 1 heteroatoms. The molecule has 0 aromatic rings. The van der Waals surface area contributed by atoms with E-state index in [4.69, 9.17) is 0 Å². The molecule has 0 radical (unpaired) electrons. The monoisotopic (exact) mass is 133 g/mol. The molecule has 0 fully saturated rings. The van der Waals surface area contributed by atoms with Gasteiger partial charge >= 0.3 is 0 Å². The molecule has 1 aliphatic rings. The van der Waals surface area contributed by atoms with Gasteiger partial charge in [0.2, 0.25) is 0 Å². The summed E-state index contributed by atoms with van der Waals surface area (Å²) in [6.07, 6.45) is 11.5. The summed E-state index contributed by atoms with van der Waals surface area (Å²) in [5.41, 5.74) is -0.0660. The van der Waals surface area contributed by atoms with Crippen LogP contribution in [0.3, 0.4) is 0 Å². The molecule has 0 saturated carbocycles. The van der Waals surface area contributed by atoms with Crippen molar-refractivity contribution in [2.24, 2.45) is 10.4 Å². The lowest BCUT2D eigenvalue weighted by Crippen LogP contribution is -2.09. The van der Waals surface area contributed by atoms with Crippen LogP contribution < -0.4 is 0 Å². The SMILES string of the molecule is C=CC1(C)C=CC=CN=C1. The Balaban J connectivity index is 2.90. The van der Waals surface area contributed by atoms with Crippen molar-refractivity contribution in [2.45, 2.75) is 6.92 Å². The van der Waals surface area contributed by atoms with Crippen molar-refractivity contribution in [1.29, 1.82) is 0 Å². The Bertz CT molecular complexity index is 193. The predicted octanol–water partition coefficient (Wildman–Crippen LogP) is 2.33. The molecular formula is C9H11N. The fourth-order valence-electron chi connectivity index (χ4n) is 0.730. The molecule has 0 bridgehead atoms. The van der Waals surface area contributed by atoms with Crippen LogP contribution in [0.1, 0.15) is 6.92 Å². The van der Waals surface area contributed by atoms with Crippen molar-refractivity contribution in [3.8, 4) is 0 Å². The number of nitrogens with zero attached hydrogens (tertiary/aromatic N) is 1. The van der Waals surface area contributed by atoms with Crippen LogP contribution in [0.2, 0.25) is 0 Å². The lowest BCUT2D eigenvalue weighted by atomic mass is 9.92. The van der Waals surface area contributed by atoms with Gasteiger partial charge in [0, 0.05) is 17.8 Å². The van der Waals surface area contributed by atoms with Gasteiger partial charge in [-0.2, -0.15) is 0 Å². The zero-order valence-corrected chi connectivity index (χ0v) is 6.12. The first-order valence-corrected chi connectivity index (χ1v) is 3.29. The van der Waals surface area contributed by atoms with E-state index in [1.54, 1.807) is 6.20 Å². The fraction of sp³-hybridized carbons (Fsp3) is 0.222. The predicted molar refractivity (Wildman–Crippen MR) is 45.1 cm³/mol. The Hall–Kier alpha value is -1.11. The highest BCUT2D eigenvalue weighted by Gasteiger charge is 2.12. The van der Waals surface area contributed by atoms with Crippen LogP contribution in [0.4, 0.5) is 0 Å². The van der Waals surface area contributed by atoms with Gasteiger partial charge in [-0.15, -0.1) is 6.58 Å². The van der Waals surface area contributed by atoms with Gasteiger partial charge in [0.15, 0.2) is 0 Å². The third-order valence-corrected chi connectivity index (χ3v) is 1.53. The number of hydrogen-bond donors (Lipinski definition) is 0. The zero-order valence-electron chi connectivity index (χ0n) is 6.12. The third-order valence-electron chi connectivity index (χ3n) is 1.53. The van der Waals surface area contributed by atoms with Crippen LogP contribution in [-0.4, -0.2) is 6.21 Å². The Morgan fingerprint density at radius 2 is 2.30 bits per heavy atom. The maximum absolute atomic E-state index is 4.06. The standard InChI is InChI=1S/C9H11N/c1-3-9(2)6-4-5-7-10-8-9/h3-8H,1H2,2H3. The van der Waals surface area contributed by atoms with Crippen molar-refractivity contribution in [1.82, 2.24) is 0 Å². The first kappa shape index (κ1) is 7.00. The number of hydrogen-bond acceptors (Lipinski definition) is 1. The smallest absolute Gasteiger partial charge is 0.0387 e. The summed E-state index contributed by atoms with van der Waals surface area (Å²) in [5, 5.41) is 0. The van der Waals surface area contributed by atoms with Gasteiger partial charge in [0.1, 0.15) is 0 Å². The fourth-order valence-corrected chi connectivity index (χ4v) is 0.730. The van der Waals surface area contributed by atoms with Crippen LogP contribution in [0.15, 0.2) is 42.1 Å². The van der Waals surface area contributed by atoms with E-state index in [-0.39, 0.29) is 5.41 Å². The lowest BCUT2D eigenvalue weighted by molar-refractivity contribution is 0.796. The van der Waals surface area contributed by atoms with E-state index in [0.717, 1.165) is 0 Å². The molecule has 0 aromatic carbocycles. The molecule has 0 N–H and O–H groups in total. The first-order valence-electron chi connectivity index (χ1n) is 3.29. The molecule has 1 unspecified atom stereocenters. The summed E-state index contributed by atoms with van der Waals surface area (Å²) in [6.45, 7) is 5.79. The molecular weight excluding hydrogens is 122 g/mol. The van der Waals surface area contributed by atoms with Crippen molar-refractivity contribution in [3.05, 3.63) is 37.1 Å². The number of allylic oxidation sites excluding steroid dienone is 4. The van der Waals surface area contributed by atoms with E-state index in [1.807, 2.05) is 24.4 Å². The minimum Gasteiger partial charge on any atom is -0.268 e. The highest BCUT2D eigenvalue weighted by atomic mass is 14.7. The van der Waals surface area contributed by atoms with Crippen LogP contribution in [0.25, 0.3) is 0 Å². The molecule has 0 aliphatic carbocycles. The van der Waals surface area contributed by atoms with Crippen molar-refractivity contribution in [3.63, 3.8) is 0 Å². The quantitative estimate of drug-likeness (QED) is 0.487. The third kappa shape index (κ3) is 1.44. The largest absolute Gasteiger partial charge is 0.268 e.